The molecule has 9 heteroatoms. The highest BCUT2D eigenvalue weighted by atomic mass is 16.2. The number of carbonyl (C=O) groups excluding carboxylic acids is 3. The quantitative estimate of drug-likeness (QED) is 0.226. The molecule has 0 spiro atoms. The number of hydrazine groups is 1. The zero-order valence-corrected chi connectivity index (χ0v) is 24.5. The Kier molecular flexibility index (Phi) is 8.29. The predicted molar refractivity (Wildman–Crippen MR) is 171 cm³/mol. The molecule has 2 fully saturated rings. The van der Waals surface area contributed by atoms with E-state index < -0.39 is 12.2 Å². The molecule has 6 rings (SSSR count). The Hall–Kier alpha value is -5.15. The topological polar surface area (TPSA) is 102 Å². The largest absolute Gasteiger partial charge is 0.399 e. The van der Waals surface area contributed by atoms with Crippen molar-refractivity contribution in [2.24, 2.45) is 0 Å². The van der Waals surface area contributed by atoms with Crippen LogP contribution in [-0.2, 0) is 29.1 Å². The number of nitrogen functional groups attached to an aromatic ring is 1. The minimum absolute atomic E-state index is 0.0229. The van der Waals surface area contributed by atoms with Gasteiger partial charge in [-0.25, -0.2) is 4.79 Å². The van der Waals surface area contributed by atoms with Gasteiger partial charge in [-0.2, -0.15) is 5.01 Å². The average Bonchev–Trinajstić information content (AvgIpc) is 3.37. The first-order valence-electron chi connectivity index (χ1n) is 14.8. The van der Waals surface area contributed by atoms with Crippen molar-refractivity contribution in [1.82, 2.24) is 25.1 Å². The van der Waals surface area contributed by atoms with E-state index in [-0.39, 0.29) is 37.5 Å². The summed E-state index contributed by atoms with van der Waals surface area (Å²) < 4.78 is 0. The highest BCUT2D eigenvalue weighted by molar-refractivity contribution is 5.92. The predicted octanol–water partition coefficient (Wildman–Crippen LogP) is 4.16. The van der Waals surface area contributed by atoms with Gasteiger partial charge in [-0.15, -0.1) is 6.58 Å². The second kappa shape index (κ2) is 12.6. The van der Waals surface area contributed by atoms with Crippen molar-refractivity contribution in [1.29, 1.82) is 0 Å². The standard InChI is InChI=1S/C35H36N6O3/c1-2-19-39(35(44)37-21-26-9-4-3-5-10-26)40-24-33(42)41-31(20-25-15-17-29(36)18-16-25)34(43)38(23-32(40)41)22-28-13-8-12-27-11-6-7-14-30(27)28/h2-18,31-32H,1,19-24,36H2,(H,37,44)/t31-,32+/m0/s1. The van der Waals surface area contributed by atoms with E-state index in [9.17, 15) is 14.4 Å². The lowest BCUT2D eigenvalue weighted by atomic mass is 9.99. The lowest BCUT2D eigenvalue weighted by Crippen LogP contribution is -2.66. The van der Waals surface area contributed by atoms with Gasteiger partial charge in [0.2, 0.25) is 11.8 Å². The zero-order valence-electron chi connectivity index (χ0n) is 24.5. The molecule has 2 aliphatic heterocycles. The van der Waals surface area contributed by atoms with E-state index >= 15 is 0 Å². The summed E-state index contributed by atoms with van der Waals surface area (Å²) in [6.45, 7) is 5.03. The number of nitrogens with two attached hydrogens (primary N) is 1. The van der Waals surface area contributed by atoms with Crippen LogP contribution in [0, 0.1) is 0 Å². The molecule has 0 bridgehead atoms. The fourth-order valence-electron chi connectivity index (χ4n) is 6.19. The van der Waals surface area contributed by atoms with E-state index in [4.69, 9.17) is 5.73 Å². The second-order valence-corrected chi connectivity index (χ2v) is 11.2. The third-order valence-corrected chi connectivity index (χ3v) is 8.35. The number of hydrogen-bond acceptors (Lipinski definition) is 5. The number of urea groups is 1. The molecule has 4 amide bonds. The van der Waals surface area contributed by atoms with E-state index in [0.717, 1.165) is 27.5 Å². The van der Waals surface area contributed by atoms with Crippen molar-refractivity contribution in [3.63, 3.8) is 0 Å². The third-order valence-electron chi connectivity index (χ3n) is 8.35. The minimum Gasteiger partial charge on any atom is -0.399 e. The molecule has 0 unspecified atom stereocenters. The first-order valence-corrected chi connectivity index (χ1v) is 14.8. The average molecular weight is 589 g/mol. The minimum atomic E-state index is -0.734. The maximum absolute atomic E-state index is 14.2. The van der Waals surface area contributed by atoms with Gasteiger partial charge in [-0.1, -0.05) is 91.0 Å². The van der Waals surface area contributed by atoms with Gasteiger partial charge >= 0.3 is 6.03 Å². The Morgan fingerprint density at radius 3 is 2.43 bits per heavy atom. The second-order valence-electron chi connectivity index (χ2n) is 11.2. The molecule has 2 saturated heterocycles. The van der Waals surface area contributed by atoms with Crippen LogP contribution in [0.4, 0.5) is 10.5 Å². The maximum Gasteiger partial charge on any atom is 0.332 e. The van der Waals surface area contributed by atoms with Crippen LogP contribution in [-0.4, -0.2) is 69.5 Å². The molecule has 0 radical (unpaired) electrons. The summed E-state index contributed by atoms with van der Waals surface area (Å²) in [4.78, 5) is 44.9. The number of fused-ring (bicyclic) bond motifs is 2. The molecule has 2 heterocycles. The van der Waals surface area contributed by atoms with Gasteiger partial charge in [0.15, 0.2) is 0 Å². The van der Waals surface area contributed by atoms with Crippen molar-refractivity contribution >= 4 is 34.3 Å². The molecule has 0 aliphatic carbocycles. The van der Waals surface area contributed by atoms with Gasteiger partial charge in [-0.3, -0.25) is 14.6 Å². The number of anilines is 1. The van der Waals surface area contributed by atoms with Crippen LogP contribution in [0.1, 0.15) is 16.7 Å². The van der Waals surface area contributed by atoms with Crippen molar-refractivity contribution in [3.8, 4) is 0 Å². The molecule has 4 aromatic carbocycles. The monoisotopic (exact) mass is 588 g/mol. The molecule has 0 aromatic heterocycles. The van der Waals surface area contributed by atoms with E-state index in [0.29, 0.717) is 25.2 Å². The van der Waals surface area contributed by atoms with Crippen molar-refractivity contribution in [3.05, 3.63) is 126 Å². The molecule has 0 saturated carbocycles. The SMILES string of the molecule is C=CCN(C(=O)NCc1ccccc1)N1CC(=O)N2[C@@H](Cc3ccc(N)cc3)C(=O)N(Cc3cccc4ccccc34)C[C@@H]21. The van der Waals surface area contributed by atoms with Crippen LogP contribution in [0.15, 0.2) is 110 Å². The maximum atomic E-state index is 14.2. The van der Waals surface area contributed by atoms with Crippen LogP contribution < -0.4 is 11.1 Å². The van der Waals surface area contributed by atoms with E-state index in [1.165, 1.54) is 5.01 Å². The van der Waals surface area contributed by atoms with Crippen molar-refractivity contribution < 1.29 is 14.4 Å². The summed E-state index contributed by atoms with van der Waals surface area (Å²) in [5.41, 5.74) is 9.44. The van der Waals surface area contributed by atoms with Gasteiger partial charge in [0.25, 0.3) is 0 Å². The fourth-order valence-corrected chi connectivity index (χ4v) is 6.19. The molecule has 9 nitrogen and oxygen atoms in total. The van der Waals surface area contributed by atoms with Crippen LogP contribution in [0.2, 0.25) is 0 Å². The van der Waals surface area contributed by atoms with Gasteiger partial charge in [0, 0.05) is 25.2 Å². The Morgan fingerprint density at radius 2 is 1.66 bits per heavy atom. The Bertz CT molecular complexity index is 1670. The molecule has 44 heavy (non-hydrogen) atoms. The number of benzene rings is 4. The highest BCUT2D eigenvalue weighted by Crippen LogP contribution is 2.31. The van der Waals surface area contributed by atoms with Crippen molar-refractivity contribution in [2.75, 3.05) is 25.4 Å². The van der Waals surface area contributed by atoms with Gasteiger partial charge < -0.3 is 20.9 Å². The number of amides is 4. The lowest BCUT2D eigenvalue weighted by molar-refractivity contribution is -0.157. The number of nitrogens with zero attached hydrogens (tertiary/aromatic N) is 4. The number of piperazine rings is 1. The highest BCUT2D eigenvalue weighted by Gasteiger charge is 2.52. The van der Waals surface area contributed by atoms with Crippen LogP contribution >= 0.6 is 0 Å². The molecular weight excluding hydrogens is 552 g/mol. The number of carbonyl (C=O) groups is 3. The number of rotatable bonds is 9. The fraction of sp³-hybridized carbons (Fsp3) is 0.229. The summed E-state index contributed by atoms with van der Waals surface area (Å²) >= 11 is 0. The molecular formula is C35H36N6O3. The first-order chi connectivity index (χ1) is 21.4. The third kappa shape index (κ3) is 5.87. The van der Waals surface area contributed by atoms with E-state index in [1.807, 2.05) is 71.6 Å². The number of nitrogens with one attached hydrogen (secondary N) is 1. The smallest absolute Gasteiger partial charge is 0.332 e. The Balaban J connectivity index is 1.32. The van der Waals surface area contributed by atoms with E-state index in [2.05, 4.69) is 30.1 Å². The van der Waals surface area contributed by atoms with Gasteiger partial charge in [0.1, 0.15) is 12.2 Å². The lowest BCUT2D eigenvalue weighted by Gasteiger charge is -2.46. The molecule has 3 N–H and O–H groups in total. The zero-order chi connectivity index (χ0) is 30.6. The molecule has 224 valence electrons. The summed E-state index contributed by atoms with van der Waals surface area (Å²) in [5, 5.41) is 8.47. The Labute approximate surface area is 257 Å². The van der Waals surface area contributed by atoms with Gasteiger partial charge in [0.05, 0.1) is 19.6 Å². The van der Waals surface area contributed by atoms with Crippen LogP contribution in [0.5, 0.6) is 0 Å². The van der Waals surface area contributed by atoms with E-state index in [1.54, 1.807) is 28.1 Å². The summed E-state index contributed by atoms with van der Waals surface area (Å²) in [7, 11) is 0. The summed E-state index contributed by atoms with van der Waals surface area (Å²) in [6.07, 6.45) is 1.45. The molecule has 2 aliphatic rings. The molecule has 2 atom stereocenters. The van der Waals surface area contributed by atoms with Crippen molar-refractivity contribution in [2.45, 2.75) is 31.7 Å². The molecule has 4 aromatic rings. The van der Waals surface area contributed by atoms with Gasteiger partial charge in [-0.05, 0) is 39.6 Å². The Morgan fingerprint density at radius 1 is 0.932 bits per heavy atom. The van der Waals surface area contributed by atoms with Crippen LogP contribution in [0.25, 0.3) is 10.8 Å². The first kappa shape index (κ1) is 28.9. The number of hydrogen-bond donors (Lipinski definition) is 2. The summed E-state index contributed by atoms with van der Waals surface area (Å²) in [5.74, 6) is -0.316. The summed E-state index contributed by atoms with van der Waals surface area (Å²) in [6, 6.07) is 30.2. The normalized spacial score (nSPS) is 18.4. The van der Waals surface area contributed by atoms with Crippen LogP contribution in [0.3, 0.4) is 0 Å².